The first-order valence-electron chi connectivity index (χ1n) is 5.65. The van der Waals surface area contributed by atoms with Gasteiger partial charge in [0.15, 0.2) is 11.6 Å². The molecule has 0 saturated carbocycles. The molecule has 19 heavy (non-hydrogen) atoms. The molecule has 7 heteroatoms. The molecule has 2 aromatic rings. The van der Waals surface area contributed by atoms with Crippen LogP contribution in [0.25, 0.3) is 0 Å². The van der Waals surface area contributed by atoms with E-state index in [0.29, 0.717) is 16.9 Å². The predicted molar refractivity (Wildman–Crippen MR) is 69.7 cm³/mol. The Morgan fingerprint density at radius 2 is 2.21 bits per heavy atom. The van der Waals surface area contributed by atoms with Gasteiger partial charge in [-0.15, -0.1) is 0 Å². The van der Waals surface area contributed by atoms with Crippen LogP contribution in [0.3, 0.4) is 0 Å². The van der Waals surface area contributed by atoms with Crippen LogP contribution < -0.4 is 21.7 Å². The first-order chi connectivity index (χ1) is 9.08. The second kappa shape index (κ2) is 5.25. The number of nitrogens with one attached hydrogen (secondary N) is 1. The number of anilines is 1. The highest BCUT2D eigenvalue weighted by molar-refractivity contribution is 5.46. The van der Waals surface area contributed by atoms with E-state index >= 15 is 0 Å². The summed E-state index contributed by atoms with van der Waals surface area (Å²) in [4.78, 5) is 0. The lowest BCUT2D eigenvalue weighted by Gasteiger charge is -2.16. The summed E-state index contributed by atoms with van der Waals surface area (Å²) in [6.07, 6.45) is 1.60. The second-order valence-corrected chi connectivity index (χ2v) is 4.10. The minimum Gasteiger partial charge on any atom is -0.494 e. The molecule has 0 aliphatic heterocycles. The lowest BCUT2D eigenvalue weighted by atomic mass is 10.0. The van der Waals surface area contributed by atoms with Gasteiger partial charge in [-0.2, -0.15) is 5.10 Å². The van der Waals surface area contributed by atoms with Gasteiger partial charge in [-0.1, -0.05) is 6.07 Å². The molecule has 1 unspecified atom stereocenters. The number of nitrogen functional groups attached to an aromatic ring is 1. The van der Waals surface area contributed by atoms with Crippen molar-refractivity contribution < 1.29 is 9.13 Å². The van der Waals surface area contributed by atoms with Crippen molar-refractivity contribution in [1.82, 2.24) is 15.2 Å². The van der Waals surface area contributed by atoms with E-state index in [-0.39, 0.29) is 5.75 Å². The van der Waals surface area contributed by atoms with E-state index in [1.54, 1.807) is 25.4 Å². The summed E-state index contributed by atoms with van der Waals surface area (Å²) in [6, 6.07) is 4.19. The summed E-state index contributed by atoms with van der Waals surface area (Å²) in [5, 5.41) is 4.04. The van der Waals surface area contributed by atoms with Crippen molar-refractivity contribution in [2.75, 3.05) is 12.8 Å². The van der Waals surface area contributed by atoms with Gasteiger partial charge in [0.1, 0.15) is 5.82 Å². The van der Waals surface area contributed by atoms with Crippen molar-refractivity contribution in [3.8, 4) is 5.75 Å². The molecule has 0 fully saturated rings. The highest BCUT2D eigenvalue weighted by Gasteiger charge is 2.19. The number of benzene rings is 1. The molecule has 0 radical (unpaired) electrons. The van der Waals surface area contributed by atoms with Gasteiger partial charge in [-0.05, 0) is 17.7 Å². The van der Waals surface area contributed by atoms with E-state index in [1.165, 1.54) is 17.9 Å². The lowest BCUT2D eigenvalue weighted by Crippen LogP contribution is -2.29. The van der Waals surface area contributed by atoms with Crippen molar-refractivity contribution in [2.24, 2.45) is 12.9 Å². The molecule has 0 aliphatic rings. The number of hydrogen-bond donors (Lipinski definition) is 3. The summed E-state index contributed by atoms with van der Waals surface area (Å²) < 4.78 is 20.1. The number of rotatable bonds is 4. The topological polar surface area (TPSA) is 91.1 Å². The average molecular weight is 265 g/mol. The Kier molecular flexibility index (Phi) is 3.68. The third-order valence-corrected chi connectivity index (χ3v) is 3.00. The number of ether oxygens (including phenoxy) is 1. The molecule has 0 aliphatic carbocycles. The molecule has 5 N–H and O–H groups in total. The first kappa shape index (κ1) is 13.3. The zero-order valence-corrected chi connectivity index (χ0v) is 10.7. The van der Waals surface area contributed by atoms with Crippen molar-refractivity contribution in [3.05, 3.63) is 41.3 Å². The number of nitrogens with two attached hydrogens (primary N) is 2. The summed E-state index contributed by atoms with van der Waals surface area (Å²) >= 11 is 0. The summed E-state index contributed by atoms with van der Waals surface area (Å²) in [5.74, 6) is 5.73. The molecule has 1 aromatic carbocycles. The SMILES string of the molecule is COc1ccc(C(NN)c2cnn(C)c2N)cc1F. The molecule has 0 spiro atoms. The van der Waals surface area contributed by atoms with E-state index in [9.17, 15) is 4.39 Å². The van der Waals surface area contributed by atoms with Gasteiger partial charge >= 0.3 is 0 Å². The van der Waals surface area contributed by atoms with E-state index in [1.807, 2.05) is 0 Å². The van der Waals surface area contributed by atoms with Gasteiger partial charge in [0.05, 0.1) is 19.3 Å². The normalized spacial score (nSPS) is 12.4. The fourth-order valence-electron chi connectivity index (χ4n) is 1.91. The van der Waals surface area contributed by atoms with Gasteiger partial charge in [0.2, 0.25) is 0 Å². The minimum absolute atomic E-state index is 0.179. The van der Waals surface area contributed by atoms with Crippen LogP contribution in [0.4, 0.5) is 10.2 Å². The molecule has 0 amide bonds. The summed E-state index contributed by atoms with van der Waals surface area (Å²) in [7, 11) is 3.14. The Labute approximate surface area is 110 Å². The Hall–Kier alpha value is -2.12. The zero-order chi connectivity index (χ0) is 14.0. The largest absolute Gasteiger partial charge is 0.494 e. The van der Waals surface area contributed by atoms with Crippen LogP contribution in [0.1, 0.15) is 17.2 Å². The molecule has 2 rings (SSSR count). The van der Waals surface area contributed by atoms with Crippen LogP contribution in [0.15, 0.2) is 24.4 Å². The summed E-state index contributed by atoms with van der Waals surface area (Å²) in [6.45, 7) is 0. The molecule has 102 valence electrons. The van der Waals surface area contributed by atoms with Crippen LogP contribution >= 0.6 is 0 Å². The van der Waals surface area contributed by atoms with Crippen molar-refractivity contribution >= 4 is 5.82 Å². The van der Waals surface area contributed by atoms with E-state index in [0.717, 1.165) is 0 Å². The van der Waals surface area contributed by atoms with Crippen molar-refractivity contribution in [3.63, 3.8) is 0 Å². The number of hydrogen-bond acceptors (Lipinski definition) is 5. The maximum Gasteiger partial charge on any atom is 0.165 e. The Morgan fingerprint density at radius 3 is 2.68 bits per heavy atom. The van der Waals surface area contributed by atoms with Crippen molar-refractivity contribution in [2.45, 2.75) is 6.04 Å². The number of methoxy groups -OCH3 is 1. The van der Waals surface area contributed by atoms with Crippen LogP contribution in [0.5, 0.6) is 5.75 Å². The quantitative estimate of drug-likeness (QED) is 0.559. The minimum atomic E-state index is -0.456. The molecular formula is C12H16FN5O. The van der Waals surface area contributed by atoms with Gasteiger partial charge in [0.25, 0.3) is 0 Å². The smallest absolute Gasteiger partial charge is 0.165 e. The van der Waals surface area contributed by atoms with E-state index in [2.05, 4.69) is 10.5 Å². The first-order valence-corrected chi connectivity index (χ1v) is 5.65. The van der Waals surface area contributed by atoms with Crippen LogP contribution in [-0.2, 0) is 7.05 Å². The van der Waals surface area contributed by atoms with E-state index < -0.39 is 11.9 Å². The average Bonchev–Trinajstić information content (AvgIpc) is 2.72. The van der Waals surface area contributed by atoms with Crippen LogP contribution in [-0.4, -0.2) is 16.9 Å². The number of nitrogens with zero attached hydrogens (tertiary/aromatic N) is 2. The maximum absolute atomic E-state index is 13.7. The highest BCUT2D eigenvalue weighted by Crippen LogP contribution is 2.28. The number of halogens is 1. The third kappa shape index (κ3) is 2.38. The van der Waals surface area contributed by atoms with Crippen molar-refractivity contribution in [1.29, 1.82) is 0 Å². The monoisotopic (exact) mass is 265 g/mol. The Balaban J connectivity index is 2.42. The number of aromatic nitrogens is 2. The molecule has 6 nitrogen and oxygen atoms in total. The van der Waals surface area contributed by atoms with Gasteiger partial charge in [-0.3, -0.25) is 10.5 Å². The molecule has 0 saturated heterocycles. The number of hydrazine groups is 1. The molecule has 1 aromatic heterocycles. The van der Waals surface area contributed by atoms with Crippen LogP contribution in [0, 0.1) is 5.82 Å². The zero-order valence-electron chi connectivity index (χ0n) is 10.7. The molecule has 1 atom stereocenters. The van der Waals surface area contributed by atoms with Gasteiger partial charge in [-0.25, -0.2) is 9.82 Å². The maximum atomic E-state index is 13.7. The summed E-state index contributed by atoms with van der Waals surface area (Å²) in [5.41, 5.74) is 9.84. The fourth-order valence-corrected chi connectivity index (χ4v) is 1.91. The van der Waals surface area contributed by atoms with Gasteiger partial charge < -0.3 is 10.5 Å². The third-order valence-electron chi connectivity index (χ3n) is 3.00. The van der Waals surface area contributed by atoms with Crippen LogP contribution in [0.2, 0.25) is 0 Å². The molecule has 0 bridgehead atoms. The second-order valence-electron chi connectivity index (χ2n) is 4.10. The van der Waals surface area contributed by atoms with E-state index in [4.69, 9.17) is 16.3 Å². The molecule has 1 heterocycles. The Morgan fingerprint density at radius 1 is 1.47 bits per heavy atom. The fraction of sp³-hybridized carbons (Fsp3) is 0.250. The number of aryl methyl sites for hydroxylation is 1. The highest BCUT2D eigenvalue weighted by atomic mass is 19.1. The standard InChI is InChI=1S/C12H16FN5O/c1-18-12(14)8(6-16-18)11(17-15)7-3-4-10(19-2)9(13)5-7/h3-6,11,17H,14-15H2,1-2H3. The molecular weight excluding hydrogens is 249 g/mol. The Bertz CT molecular complexity index is 583. The van der Waals surface area contributed by atoms with Gasteiger partial charge in [0, 0.05) is 12.6 Å². The lowest BCUT2D eigenvalue weighted by molar-refractivity contribution is 0.385. The predicted octanol–water partition coefficient (Wildman–Crippen LogP) is 0.703.